The fraction of sp³-hybridized carbons (Fsp3) is 0.190. The van der Waals surface area contributed by atoms with Crippen LogP contribution in [0.3, 0.4) is 0 Å². The Morgan fingerprint density at radius 2 is 1.79 bits per heavy atom. The van der Waals surface area contributed by atoms with Crippen LogP contribution in [0.25, 0.3) is 0 Å². The molecule has 2 rings (SSSR count). The quantitative estimate of drug-likeness (QED) is 0.417. The molecular weight excluding hydrogens is 358 g/mol. The van der Waals surface area contributed by atoms with Gasteiger partial charge in [-0.15, -0.1) is 6.42 Å². The summed E-state index contributed by atoms with van der Waals surface area (Å²) in [4.78, 5) is 24.2. The van der Waals surface area contributed by atoms with Crippen molar-refractivity contribution in [2.24, 2.45) is 5.10 Å². The normalized spacial score (nSPS) is 11.3. The summed E-state index contributed by atoms with van der Waals surface area (Å²) in [7, 11) is 1.55. The molecule has 0 aliphatic heterocycles. The predicted octanol–water partition coefficient (Wildman–Crippen LogP) is 1.98. The molecule has 0 aliphatic carbocycles. The molecule has 2 aromatic carbocycles. The number of carbonyl (C=O) groups is 2. The number of terminal acetylenes is 1. The van der Waals surface area contributed by atoms with Crippen LogP contribution in [0.2, 0.25) is 0 Å². The number of hydrogen-bond acceptors (Lipinski definition) is 5. The first kappa shape index (κ1) is 20.5. The highest BCUT2D eigenvalue weighted by Gasteiger charge is 2.16. The number of rotatable bonds is 8. The van der Waals surface area contributed by atoms with Gasteiger partial charge in [0, 0.05) is 5.56 Å². The Morgan fingerprint density at radius 1 is 1.14 bits per heavy atom. The van der Waals surface area contributed by atoms with E-state index in [1.165, 1.54) is 6.21 Å². The lowest BCUT2D eigenvalue weighted by molar-refractivity contribution is -0.122. The summed E-state index contributed by atoms with van der Waals surface area (Å²) in [6, 6.07) is 12.9. The summed E-state index contributed by atoms with van der Waals surface area (Å²) >= 11 is 0. The average Bonchev–Trinajstić information content (AvgIpc) is 2.73. The van der Waals surface area contributed by atoms with Crippen molar-refractivity contribution in [3.05, 3.63) is 59.7 Å². The fourth-order valence-corrected chi connectivity index (χ4v) is 2.13. The Morgan fingerprint density at radius 3 is 2.39 bits per heavy atom. The van der Waals surface area contributed by atoms with Crippen LogP contribution in [-0.2, 0) is 4.79 Å². The van der Waals surface area contributed by atoms with Gasteiger partial charge in [-0.25, -0.2) is 5.43 Å². The lowest BCUT2D eigenvalue weighted by Crippen LogP contribution is -2.43. The third-order valence-electron chi connectivity index (χ3n) is 3.68. The number of nitrogens with one attached hydrogen (secondary N) is 2. The molecule has 0 spiro atoms. The van der Waals surface area contributed by atoms with Crippen LogP contribution < -0.4 is 20.2 Å². The lowest BCUT2D eigenvalue weighted by Gasteiger charge is -2.12. The van der Waals surface area contributed by atoms with E-state index in [-0.39, 0.29) is 12.5 Å². The Hall–Kier alpha value is -3.79. The molecule has 0 fully saturated rings. The highest BCUT2D eigenvalue weighted by molar-refractivity contribution is 5.97. The number of ether oxygens (including phenoxy) is 2. The molecule has 0 aromatic heterocycles. The minimum atomic E-state index is -0.758. The molecule has 1 atom stereocenters. The van der Waals surface area contributed by atoms with Gasteiger partial charge in [-0.1, -0.05) is 5.92 Å². The number of hydrazone groups is 1. The maximum absolute atomic E-state index is 12.2. The van der Waals surface area contributed by atoms with E-state index in [0.29, 0.717) is 17.1 Å². The van der Waals surface area contributed by atoms with Crippen molar-refractivity contribution in [1.82, 2.24) is 10.7 Å². The number of carbonyl (C=O) groups excluding carboxylic acids is 2. The second-order valence-corrected chi connectivity index (χ2v) is 5.72. The van der Waals surface area contributed by atoms with E-state index >= 15 is 0 Å². The zero-order chi connectivity index (χ0) is 20.4. The standard InChI is InChI=1S/C21H21N3O4/c1-4-13-28-19-9-5-16(6-10-19)14-22-24-20(25)15(2)23-21(26)17-7-11-18(27-3)12-8-17/h1,5-12,14-15H,13H2,2-3H3,(H,23,26)(H,24,25). The molecule has 0 radical (unpaired) electrons. The number of benzene rings is 2. The van der Waals surface area contributed by atoms with Gasteiger partial charge in [0.1, 0.15) is 24.1 Å². The molecule has 2 amide bonds. The van der Waals surface area contributed by atoms with Crippen LogP contribution in [0.5, 0.6) is 11.5 Å². The van der Waals surface area contributed by atoms with E-state index in [0.717, 1.165) is 5.56 Å². The van der Waals surface area contributed by atoms with Crippen molar-refractivity contribution < 1.29 is 19.1 Å². The van der Waals surface area contributed by atoms with Crippen molar-refractivity contribution >= 4 is 18.0 Å². The summed E-state index contributed by atoms with van der Waals surface area (Å²) in [5.74, 6) is 2.88. The first-order valence-electron chi connectivity index (χ1n) is 8.47. The van der Waals surface area contributed by atoms with Crippen LogP contribution in [-0.4, -0.2) is 37.8 Å². The number of amides is 2. The van der Waals surface area contributed by atoms with Crippen molar-refractivity contribution in [1.29, 1.82) is 0 Å². The molecule has 7 heteroatoms. The van der Waals surface area contributed by atoms with Crippen LogP contribution in [0.1, 0.15) is 22.8 Å². The van der Waals surface area contributed by atoms with Gasteiger partial charge in [0.05, 0.1) is 13.3 Å². The minimum absolute atomic E-state index is 0.198. The molecule has 144 valence electrons. The molecule has 0 saturated carbocycles. The number of nitrogens with zero attached hydrogens (tertiary/aromatic N) is 1. The second-order valence-electron chi connectivity index (χ2n) is 5.72. The first-order valence-corrected chi connectivity index (χ1v) is 8.47. The molecule has 7 nitrogen and oxygen atoms in total. The lowest BCUT2D eigenvalue weighted by atomic mass is 10.2. The van der Waals surface area contributed by atoms with Gasteiger partial charge in [-0.05, 0) is 61.0 Å². The zero-order valence-corrected chi connectivity index (χ0v) is 15.6. The minimum Gasteiger partial charge on any atom is -0.497 e. The van der Waals surface area contributed by atoms with Gasteiger partial charge in [0.25, 0.3) is 11.8 Å². The Bertz CT molecular complexity index is 868. The van der Waals surface area contributed by atoms with Gasteiger partial charge < -0.3 is 14.8 Å². The van der Waals surface area contributed by atoms with Crippen LogP contribution in [0.4, 0.5) is 0 Å². The zero-order valence-electron chi connectivity index (χ0n) is 15.6. The fourth-order valence-electron chi connectivity index (χ4n) is 2.13. The van der Waals surface area contributed by atoms with Gasteiger partial charge in [0.15, 0.2) is 0 Å². The van der Waals surface area contributed by atoms with E-state index in [1.807, 2.05) is 0 Å². The maximum Gasteiger partial charge on any atom is 0.262 e. The highest BCUT2D eigenvalue weighted by atomic mass is 16.5. The molecule has 2 N–H and O–H groups in total. The highest BCUT2D eigenvalue weighted by Crippen LogP contribution is 2.12. The SMILES string of the molecule is C#CCOc1ccc(C=NNC(=O)C(C)NC(=O)c2ccc(OC)cc2)cc1. The van der Waals surface area contributed by atoms with Gasteiger partial charge in [0.2, 0.25) is 0 Å². The molecule has 0 saturated heterocycles. The predicted molar refractivity (Wildman–Crippen MR) is 106 cm³/mol. The second kappa shape index (κ2) is 10.4. The van der Waals surface area contributed by atoms with E-state index in [1.54, 1.807) is 62.6 Å². The van der Waals surface area contributed by atoms with E-state index < -0.39 is 11.9 Å². The van der Waals surface area contributed by atoms with E-state index in [4.69, 9.17) is 15.9 Å². The van der Waals surface area contributed by atoms with Crippen molar-refractivity contribution in [3.63, 3.8) is 0 Å². The number of hydrogen-bond donors (Lipinski definition) is 2. The molecular formula is C21H21N3O4. The van der Waals surface area contributed by atoms with Crippen LogP contribution in [0, 0.1) is 12.3 Å². The van der Waals surface area contributed by atoms with Crippen molar-refractivity contribution in [3.8, 4) is 23.8 Å². The topological polar surface area (TPSA) is 89.0 Å². The molecule has 0 bridgehead atoms. The smallest absolute Gasteiger partial charge is 0.262 e. The Kier molecular flexibility index (Phi) is 7.61. The maximum atomic E-state index is 12.2. The third-order valence-corrected chi connectivity index (χ3v) is 3.68. The van der Waals surface area contributed by atoms with Gasteiger partial charge in [-0.2, -0.15) is 5.10 Å². The van der Waals surface area contributed by atoms with Crippen molar-refractivity contribution in [2.45, 2.75) is 13.0 Å². The summed E-state index contributed by atoms with van der Waals surface area (Å²) < 4.78 is 10.3. The largest absolute Gasteiger partial charge is 0.497 e. The van der Waals surface area contributed by atoms with Crippen LogP contribution in [0.15, 0.2) is 53.6 Å². The molecule has 1 unspecified atom stereocenters. The van der Waals surface area contributed by atoms with Crippen LogP contribution >= 0.6 is 0 Å². The molecule has 0 aliphatic rings. The van der Waals surface area contributed by atoms with Gasteiger partial charge >= 0.3 is 0 Å². The molecule has 0 heterocycles. The average molecular weight is 379 g/mol. The van der Waals surface area contributed by atoms with E-state index in [2.05, 4.69) is 21.8 Å². The monoisotopic (exact) mass is 379 g/mol. The summed E-state index contributed by atoms with van der Waals surface area (Å²) in [6.45, 7) is 1.77. The number of methoxy groups -OCH3 is 1. The first-order chi connectivity index (χ1) is 13.5. The van der Waals surface area contributed by atoms with E-state index in [9.17, 15) is 9.59 Å². The van der Waals surface area contributed by atoms with Crippen molar-refractivity contribution in [2.75, 3.05) is 13.7 Å². The molecule has 2 aromatic rings. The Labute approximate surface area is 163 Å². The summed E-state index contributed by atoms with van der Waals surface area (Å²) in [6.07, 6.45) is 6.62. The van der Waals surface area contributed by atoms with Gasteiger partial charge in [-0.3, -0.25) is 9.59 Å². The summed E-state index contributed by atoms with van der Waals surface area (Å²) in [5.41, 5.74) is 3.59. The third kappa shape index (κ3) is 6.18. The summed E-state index contributed by atoms with van der Waals surface area (Å²) in [5, 5.41) is 6.50. The Balaban J connectivity index is 1.83. The molecule has 28 heavy (non-hydrogen) atoms.